The molecule has 2 rings (SSSR count). The van der Waals surface area contributed by atoms with Crippen LogP contribution in [0.2, 0.25) is 0 Å². The Morgan fingerprint density at radius 2 is 1.95 bits per heavy atom. The number of hydrogen-bond acceptors (Lipinski definition) is 5. The molecule has 0 fully saturated rings. The Bertz CT molecular complexity index is 497. The van der Waals surface area contributed by atoms with Gasteiger partial charge in [-0.3, -0.25) is 4.98 Å². The zero-order valence-corrected chi connectivity index (χ0v) is 12.1. The third-order valence-electron chi connectivity index (χ3n) is 3.05. The summed E-state index contributed by atoms with van der Waals surface area (Å²) in [5.41, 5.74) is 2.00. The first-order valence-electron chi connectivity index (χ1n) is 7.01. The molecule has 0 spiro atoms. The number of rotatable bonds is 7. The molecule has 5 nitrogen and oxygen atoms in total. The van der Waals surface area contributed by atoms with Crippen LogP contribution in [0.15, 0.2) is 36.5 Å². The first kappa shape index (κ1) is 14.4. The molecule has 0 aliphatic carbocycles. The second-order valence-corrected chi connectivity index (χ2v) is 4.50. The Balaban J connectivity index is 2.04. The molecule has 0 aliphatic heterocycles. The second-order valence-electron chi connectivity index (χ2n) is 4.50. The van der Waals surface area contributed by atoms with E-state index in [1.54, 1.807) is 0 Å². The molecule has 0 saturated heterocycles. The van der Waals surface area contributed by atoms with Gasteiger partial charge in [-0.25, -0.2) is 0 Å². The molecule has 0 saturated carbocycles. The molecule has 5 heteroatoms. The number of nitrogens with zero attached hydrogens (tertiary/aromatic N) is 4. The monoisotopic (exact) mass is 271 g/mol. The highest BCUT2D eigenvalue weighted by atomic mass is 15.3. The van der Waals surface area contributed by atoms with Crippen molar-refractivity contribution in [2.24, 2.45) is 0 Å². The van der Waals surface area contributed by atoms with Crippen molar-refractivity contribution >= 4 is 5.82 Å². The van der Waals surface area contributed by atoms with Crippen LogP contribution in [0, 0.1) is 0 Å². The van der Waals surface area contributed by atoms with Crippen molar-refractivity contribution in [1.29, 1.82) is 0 Å². The molecule has 0 aliphatic rings. The third kappa shape index (κ3) is 3.99. The normalized spacial score (nSPS) is 10.5. The van der Waals surface area contributed by atoms with Gasteiger partial charge in [-0.05, 0) is 37.7 Å². The summed E-state index contributed by atoms with van der Waals surface area (Å²) < 4.78 is 0. The Morgan fingerprint density at radius 1 is 1.05 bits per heavy atom. The standard InChI is InChI=1S/C15H21N5/c1-3-16-11-13-8-9-15(19-18-13)20(4-2)12-14-7-5-6-10-17-14/h5-10,16H,3-4,11-12H2,1-2H3. The van der Waals surface area contributed by atoms with Gasteiger partial charge >= 0.3 is 0 Å². The Hall–Kier alpha value is -2.01. The molecule has 0 unspecified atom stereocenters. The van der Waals surface area contributed by atoms with Crippen molar-refractivity contribution in [3.63, 3.8) is 0 Å². The highest BCUT2D eigenvalue weighted by molar-refractivity contribution is 5.37. The Morgan fingerprint density at radius 3 is 2.55 bits per heavy atom. The van der Waals surface area contributed by atoms with E-state index in [2.05, 4.69) is 39.2 Å². The van der Waals surface area contributed by atoms with Crippen molar-refractivity contribution in [2.45, 2.75) is 26.9 Å². The molecule has 20 heavy (non-hydrogen) atoms. The van der Waals surface area contributed by atoms with Gasteiger partial charge in [0.2, 0.25) is 0 Å². The Labute approximate surface area is 120 Å². The summed E-state index contributed by atoms with van der Waals surface area (Å²) in [4.78, 5) is 6.51. The van der Waals surface area contributed by atoms with E-state index in [0.717, 1.165) is 43.4 Å². The molecule has 106 valence electrons. The molecule has 2 heterocycles. The summed E-state index contributed by atoms with van der Waals surface area (Å²) >= 11 is 0. The van der Waals surface area contributed by atoms with Gasteiger partial charge in [0.05, 0.1) is 17.9 Å². The summed E-state index contributed by atoms with van der Waals surface area (Å²) in [6.07, 6.45) is 1.81. The van der Waals surface area contributed by atoms with E-state index in [0.29, 0.717) is 0 Å². The zero-order chi connectivity index (χ0) is 14.2. The van der Waals surface area contributed by atoms with Crippen molar-refractivity contribution in [3.05, 3.63) is 47.9 Å². The fourth-order valence-corrected chi connectivity index (χ4v) is 1.91. The van der Waals surface area contributed by atoms with Crippen LogP contribution in [-0.4, -0.2) is 28.3 Å². The SMILES string of the molecule is CCNCc1ccc(N(CC)Cc2ccccn2)nn1. The van der Waals surface area contributed by atoms with Gasteiger partial charge in [0.15, 0.2) is 5.82 Å². The number of anilines is 1. The van der Waals surface area contributed by atoms with Crippen LogP contribution in [0.4, 0.5) is 5.82 Å². The van der Waals surface area contributed by atoms with Gasteiger partial charge in [-0.1, -0.05) is 13.0 Å². The predicted octanol–water partition coefficient (Wildman–Crippen LogP) is 2.01. The minimum atomic E-state index is 0.749. The molecule has 2 aromatic rings. The third-order valence-corrected chi connectivity index (χ3v) is 3.05. The highest BCUT2D eigenvalue weighted by Gasteiger charge is 2.08. The van der Waals surface area contributed by atoms with E-state index in [9.17, 15) is 0 Å². The average molecular weight is 271 g/mol. The average Bonchev–Trinajstić information content (AvgIpc) is 2.52. The first-order valence-corrected chi connectivity index (χ1v) is 7.01. The van der Waals surface area contributed by atoms with Gasteiger partial charge in [-0.2, -0.15) is 5.10 Å². The lowest BCUT2D eigenvalue weighted by atomic mass is 10.3. The lowest BCUT2D eigenvalue weighted by Crippen LogP contribution is -2.24. The molecule has 1 N–H and O–H groups in total. The van der Waals surface area contributed by atoms with E-state index in [-0.39, 0.29) is 0 Å². The summed E-state index contributed by atoms with van der Waals surface area (Å²) in [5.74, 6) is 0.887. The minimum absolute atomic E-state index is 0.749. The van der Waals surface area contributed by atoms with Crippen LogP contribution in [0.3, 0.4) is 0 Å². The van der Waals surface area contributed by atoms with Crippen LogP contribution < -0.4 is 10.2 Å². The molecular weight excluding hydrogens is 250 g/mol. The fourth-order valence-electron chi connectivity index (χ4n) is 1.91. The van der Waals surface area contributed by atoms with Crippen LogP contribution in [-0.2, 0) is 13.1 Å². The summed E-state index contributed by atoms with van der Waals surface area (Å²) in [5, 5.41) is 11.8. The molecule has 0 radical (unpaired) electrons. The van der Waals surface area contributed by atoms with Gasteiger partial charge in [-0.15, -0.1) is 5.10 Å². The quantitative estimate of drug-likeness (QED) is 0.835. The lowest BCUT2D eigenvalue weighted by Gasteiger charge is -2.20. The van der Waals surface area contributed by atoms with Gasteiger partial charge < -0.3 is 10.2 Å². The van der Waals surface area contributed by atoms with Crippen molar-refractivity contribution < 1.29 is 0 Å². The summed E-state index contributed by atoms with van der Waals surface area (Å²) in [6.45, 7) is 7.50. The van der Waals surface area contributed by atoms with Gasteiger partial charge in [0.25, 0.3) is 0 Å². The molecular formula is C15H21N5. The topological polar surface area (TPSA) is 53.9 Å². The van der Waals surface area contributed by atoms with Crippen LogP contribution in [0.1, 0.15) is 25.2 Å². The van der Waals surface area contributed by atoms with E-state index >= 15 is 0 Å². The number of nitrogens with one attached hydrogen (secondary N) is 1. The lowest BCUT2D eigenvalue weighted by molar-refractivity contribution is 0.693. The van der Waals surface area contributed by atoms with Crippen LogP contribution in [0.25, 0.3) is 0 Å². The molecule has 0 atom stereocenters. The second kappa shape index (κ2) is 7.55. The summed E-state index contributed by atoms with van der Waals surface area (Å²) in [6, 6.07) is 9.99. The smallest absolute Gasteiger partial charge is 0.151 e. The van der Waals surface area contributed by atoms with Crippen molar-refractivity contribution in [2.75, 3.05) is 18.0 Å². The highest BCUT2D eigenvalue weighted by Crippen LogP contribution is 2.12. The maximum Gasteiger partial charge on any atom is 0.151 e. The molecule has 0 bridgehead atoms. The maximum absolute atomic E-state index is 4.35. The largest absolute Gasteiger partial charge is 0.350 e. The van der Waals surface area contributed by atoms with Crippen LogP contribution in [0.5, 0.6) is 0 Å². The van der Waals surface area contributed by atoms with E-state index in [4.69, 9.17) is 0 Å². The van der Waals surface area contributed by atoms with E-state index in [1.165, 1.54) is 0 Å². The number of aromatic nitrogens is 3. The number of hydrogen-bond donors (Lipinski definition) is 1. The first-order chi connectivity index (χ1) is 9.83. The van der Waals surface area contributed by atoms with Crippen molar-refractivity contribution in [1.82, 2.24) is 20.5 Å². The van der Waals surface area contributed by atoms with Gasteiger partial charge in [0, 0.05) is 19.3 Å². The van der Waals surface area contributed by atoms with E-state index < -0.39 is 0 Å². The maximum atomic E-state index is 4.35. The molecule has 0 amide bonds. The van der Waals surface area contributed by atoms with Gasteiger partial charge in [0.1, 0.15) is 0 Å². The predicted molar refractivity (Wildman–Crippen MR) is 80.4 cm³/mol. The fraction of sp³-hybridized carbons (Fsp3) is 0.400. The Kier molecular flexibility index (Phi) is 5.43. The van der Waals surface area contributed by atoms with E-state index in [1.807, 2.05) is 36.5 Å². The summed E-state index contributed by atoms with van der Waals surface area (Å²) in [7, 11) is 0. The van der Waals surface area contributed by atoms with Crippen LogP contribution >= 0.6 is 0 Å². The number of pyridine rings is 1. The molecule has 0 aromatic carbocycles. The molecule has 2 aromatic heterocycles. The minimum Gasteiger partial charge on any atom is -0.350 e. The van der Waals surface area contributed by atoms with Crippen molar-refractivity contribution in [3.8, 4) is 0 Å². The zero-order valence-electron chi connectivity index (χ0n) is 12.1.